The molecule has 0 unspecified atom stereocenters. The average Bonchev–Trinajstić information content (AvgIpc) is 2.68. The molecule has 0 aliphatic heterocycles. The average molecular weight is 249 g/mol. The van der Waals surface area contributed by atoms with E-state index >= 15 is 0 Å². The molecular weight excluding hydrogens is 233 g/mol. The van der Waals surface area contributed by atoms with Gasteiger partial charge in [0, 0.05) is 23.9 Å². The summed E-state index contributed by atoms with van der Waals surface area (Å²) in [5, 5.41) is 10.1. The molecule has 0 spiro atoms. The molecule has 2 aromatic rings. The van der Waals surface area contributed by atoms with Crippen molar-refractivity contribution in [3.63, 3.8) is 0 Å². The quantitative estimate of drug-likeness (QED) is 0.876. The number of aromatic nitrogens is 2. The molecule has 1 aromatic carbocycles. The standard InChI is InChI=1S/C13H16FN3O/c1-8-11(9(2)17-16-8)7-15-13-6-10(18-3)4-5-12(13)14/h4-6,15H,7H2,1-3H3,(H,16,17). The highest BCUT2D eigenvalue weighted by Gasteiger charge is 2.08. The molecule has 18 heavy (non-hydrogen) atoms. The molecule has 0 fully saturated rings. The Balaban J connectivity index is 2.15. The van der Waals surface area contributed by atoms with E-state index in [1.165, 1.54) is 6.07 Å². The maximum atomic E-state index is 13.6. The number of aryl methyl sites for hydroxylation is 2. The summed E-state index contributed by atoms with van der Waals surface area (Å²) in [6.07, 6.45) is 0. The number of nitrogens with zero attached hydrogens (tertiary/aromatic N) is 1. The van der Waals surface area contributed by atoms with E-state index in [0.29, 0.717) is 18.0 Å². The number of halogens is 1. The van der Waals surface area contributed by atoms with Crippen LogP contribution in [0.4, 0.5) is 10.1 Å². The molecule has 96 valence electrons. The van der Waals surface area contributed by atoms with E-state index in [-0.39, 0.29) is 5.82 Å². The van der Waals surface area contributed by atoms with Crippen LogP contribution in [0.3, 0.4) is 0 Å². The van der Waals surface area contributed by atoms with Gasteiger partial charge in [0.2, 0.25) is 0 Å². The van der Waals surface area contributed by atoms with Crippen LogP contribution >= 0.6 is 0 Å². The highest BCUT2D eigenvalue weighted by atomic mass is 19.1. The number of aromatic amines is 1. The molecule has 0 saturated heterocycles. The molecule has 2 N–H and O–H groups in total. The molecule has 5 heteroatoms. The van der Waals surface area contributed by atoms with Gasteiger partial charge in [-0.25, -0.2) is 4.39 Å². The third-order valence-corrected chi connectivity index (χ3v) is 2.91. The van der Waals surface area contributed by atoms with Gasteiger partial charge in [0.25, 0.3) is 0 Å². The zero-order valence-corrected chi connectivity index (χ0v) is 10.7. The first-order valence-electron chi connectivity index (χ1n) is 5.69. The van der Waals surface area contributed by atoms with E-state index in [0.717, 1.165) is 17.0 Å². The molecule has 0 atom stereocenters. The van der Waals surface area contributed by atoms with Crippen LogP contribution in [0.2, 0.25) is 0 Å². The Morgan fingerprint density at radius 1 is 1.39 bits per heavy atom. The SMILES string of the molecule is COc1ccc(F)c(NCc2c(C)n[nH]c2C)c1. The van der Waals surface area contributed by atoms with Gasteiger partial charge < -0.3 is 10.1 Å². The van der Waals surface area contributed by atoms with Gasteiger partial charge in [0.05, 0.1) is 18.5 Å². The Labute approximate surface area is 105 Å². The van der Waals surface area contributed by atoms with Crippen LogP contribution in [0.25, 0.3) is 0 Å². The summed E-state index contributed by atoms with van der Waals surface area (Å²) >= 11 is 0. The van der Waals surface area contributed by atoms with E-state index in [4.69, 9.17) is 4.74 Å². The van der Waals surface area contributed by atoms with E-state index in [1.807, 2.05) is 13.8 Å². The van der Waals surface area contributed by atoms with Crippen molar-refractivity contribution in [1.82, 2.24) is 10.2 Å². The molecule has 0 aliphatic rings. The van der Waals surface area contributed by atoms with Crippen LogP contribution in [-0.2, 0) is 6.54 Å². The van der Waals surface area contributed by atoms with Crippen molar-refractivity contribution in [3.8, 4) is 5.75 Å². The number of methoxy groups -OCH3 is 1. The molecule has 0 bridgehead atoms. The van der Waals surface area contributed by atoms with Crippen molar-refractivity contribution in [2.45, 2.75) is 20.4 Å². The van der Waals surface area contributed by atoms with Gasteiger partial charge in [-0.3, -0.25) is 5.10 Å². The van der Waals surface area contributed by atoms with E-state index in [9.17, 15) is 4.39 Å². The van der Waals surface area contributed by atoms with Crippen molar-refractivity contribution in [3.05, 3.63) is 41.0 Å². The normalized spacial score (nSPS) is 10.4. The highest BCUT2D eigenvalue weighted by molar-refractivity contribution is 5.50. The van der Waals surface area contributed by atoms with Gasteiger partial charge in [-0.2, -0.15) is 5.10 Å². The largest absolute Gasteiger partial charge is 0.497 e. The summed E-state index contributed by atoms with van der Waals surface area (Å²) in [4.78, 5) is 0. The van der Waals surface area contributed by atoms with Crippen molar-refractivity contribution >= 4 is 5.69 Å². The Bertz CT molecular complexity index is 532. The zero-order chi connectivity index (χ0) is 13.1. The molecular formula is C13H16FN3O. The number of nitrogens with one attached hydrogen (secondary N) is 2. The first-order valence-corrected chi connectivity index (χ1v) is 5.69. The van der Waals surface area contributed by atoms with Crippen molar-refractivity contribution in [2.24, 2.45) is 0 Å². The smallest absolute Gasteiger partial charge is 0.146 e. The Morgan fingerprint density at radius 3 is 2.78 bits per heavy atom. The summed E-state index contributed by atoms with van der Waals surface area (Å²) in [6.45, 7) is 4.39. The Hall–Kier alpha value is -2.04. The number of ether oxygens (including phenoxy) is 1. The third-order valence-electron chi connectivity index (χ3n) is 2.91. The summed E-state index contributed by atoms with van der Waals surface area (Å²) in [7, 11) is 1.56. The van der Waals surface area contributed by atoms with E-state index in [2.05, 4.69) is 15.5 Å². The number of H-pyrrole nitrogens is 1. The number of hydrogen-bond acceptors (Lipinski definition) is 3. The van der Waals surface area contributed by atoms with Crippen LogP contribution in [0.1, 0.15) is 17.0 Å². The first kappa shape index (κ1) is 12.4. The maximum Gasteiger partial charge on any atom is 0.146 e. The Kier molecular flexibility index (Phi) is 3.50. The van der Waals surface area contributed by atoms with Gasteiger partial charge in [-0.15, -0.1) is 0 Å². The van der Waals surface area contributed by atoms with Crippen LogP contribution < -0.4 is 10.1 Å². The van der Waals surface area contributed by atoms with Gasteiger partial charge in [0.15, 0.2) is 0 Å². The number of anilines is 1. The van der Waals surface area contributed by atoms with Crippen LogP contribution in [-0.4, -0.2) is 17.3 Å². The number of benzene rings is 1. The minimum absolute atomic E-state index is 0.297. The summed E-state index contributed by atoms with van der Waals surface area (Å²) in [5.41, 5.74) is 3.39. The second-order valence-corrected chi connectivity index (χ2v) is 4.11. The second kappa shape index (κ2) is 5.08. The van der Waals surface area contributed by atoms with Crippen molar-refractivity contribution < 1.29 is 9.13 Å². The van der Waals surface area contributed by atoms with Crippen LogP contribution in [0.5, 0.6) is 5.75 Å². The minimum atomic E-state index is -0.297. The van der Waals surface area contributed by atoms with E-state index < -0.39 is 0 Å². The van der Waals surface area contributed by atoms with Gasteiger partial charge in [-0.1, -0.05) is 0 Å². The molecule has 0 radical (unpaired) electrons. The maximum absolute atomic E-state index is 13.6. The van der Waals surface area contributed by atoms with Gasteiger partial charge >= 0.3 is 0 Å². The van der Waals surface area contributed by atoms with Crippen LogP contribution in [0, 0.1) is 19.7 Å². The van der Waals surface area contributed by atoms with Gasteiger partial charge in [0.1, 0.15) is 11.6 Å². The molecule has 4 nitrogen and oxygen atoms in total. The molecule has 0 saturated carbocycles. The lowest BCUT2D eigenvalue weighted by atomic mass is 10.2. The topological polar surface area (TPSA) is 49.9 Å². The summed E-state index contributed by atoms with van der Waals surface area (Å²) in [5.74, 6) is 0.328. The molecule has 1 aromatic heterocycles. The summed E-state index contributed by atoms with van der Waals surface area (Å²) in [6, 6.07) is 4.62. The van der Waals surface area contributed by atoms with Crippen LogP contribution in [0.15, 0.2) is 18.2 Å². The fourth-order valence-corrected chi connectivity index (χ4v) is 1.78. The van der Waals surface area contributed by atoms with Gasteiger partial charge in [-0.05, 0) is 26.0 Å². The summed E-state index contributed by atoms with van der Waals surface area (Å²) < 4.78 is 18.7. The highest BCUT2D eigenvalue weighted by Crippen LogP contribution is 2.22. The van der Waals surface area contributed by atoms with E-state index in [1.54, 1.807) is 19.2 Å². The molecule has 0 amide bonds. The van der Waals surface area contributed by atoms with Crippen molar-refractivity contribution in [1.29, 1.82) is 0 Å². The second-order valence-electron chi connectivity index (χ2n) is 4.11. The molecule has 0 aliphatic carbocycles. The first-order chi connectivity index (χ1) is 8.61. The molecule has 2 rings (SSSR count). The lowest BCUT2D eigenvalue weighted by Crippen LogP contribution is -2.03. The predicted octanol–water partition coefficient (Wildman–Crippen LogP) is 2.79. The third kappa shape index (κ3) is 2.45. The fourth-order valence-electron chi connectivity index (χ4n) is 1.78. The fraction of sp³-hybridized carbons (Fsp3) is 0.308. The lowest BCUT2D eigenvalue weighted by molar-refractivity contribution is 0.414. The molecule has 1 heterocycles. The van der Waals surface area contributed by atoms with Crippen molar-refractivity contribution in [2.75, 3.05) is 12.4 Å². The minimum Gasteiger partial charge on any atom is -0.497 e. The number of rotatable bonds is 4. The Morgan fingerprint density at radius 2 is 2.17 bits per heavy atom. The zero-order valence-electron chi connectivity index (χ0n) is 10.7. The lowest BCUT2D eigenvalue weighted by Gasteiger charge is -2.09. The monoisotopic (exact) mass is 249 g/mol. The predicted molar refractivity (Wildman–Crippen MR) is 68.3 cm³/mol. The number of hydrogen-bond donors (Lipinski definition) is 2.